The first-order valence-corrected chi connectivity index (χ1v) is 7.23. The third-order valence-corrected chi connectivity index (χ3v) is 3.24. The van der Waals surface area contributed by atoms with Gasteiger partial charge in [-0.25, -0.2) is 0 Å². The van der Waals surface area contributed by atoms with E-state index in [2.05, 4.69) is 21.2 Å². The van der Waals surface area contributed by atoms with Crippen molar-refractivity contribution in [2.45, 2.75) is 13.3 Å². The maximum Gasteiger partial charge on any atom is 0.271 e. The molecule has 0 spiro atoms. The van der Waals surface area contributed by atoms with Gasteiger partial charge in [0.15, 0.2) is 0 Å². The highest BCUT2D eigenvalue weighted by Crippen LogP contribution is 2.20. The van der Waals surface area contributed by atoms with Crippen molar-refractivity contribution in [2.75, 3.05) is 11.9 Å². The maximum absolute atomic E-state index is 11.9. The van der Waals surface area contributed by atoms with E-state index in [-0.39, 0.29) is 22.2 Å². The van der Waals surface area contributed by atoms with Gasteiger partial charge in [0, 0.05) is 34.6 Å². The van der Waals surface area contributed by atoms with Gasteiger partial charge in [0.2, 0.25) is 0 Å². The summed E-state index contributed by atoms with van der Waals surface area (Å²) in [4.78, 5) is 22.0. The van der Waals surface area contributed by atoms with Gasteiger partial charge in [0.25, 0.3) is 11.6 Å². The number of non-ortho nitro benzene ring substituents is 1. The summed E-state index contributed by atoms with van der Waals surface area (Å²) in [7, 11) is 0. The van der Waals surface area contributed by atoms with Gasteiger partial charge in [0.1, 0.15) is 0 Å². The van der Waals surface area contributed by atoms with Crippen LogP contribution in [0.3, 0.4) is 0 Å². The van der Waals surface area contributed by atoms with E-state index in [0.29, 0.717) is 12.5 Å². The molecular weight excluding hydrogens is 336 g/mol. The van der Waals surface area contributed by atoms with Crippen molar-refractivity contribution in [3.8, 4) is 0 Å². The molecule has 7 heteroatoms. The SMILES string of the molecule is CC(CCBr)CNC(=O)c1cc(Cl)cc([N+](=O)[O-])c1. The minimum absolute atomic E-state index is 0.174. The molecule has 0 bridgehead atoms. The van der Waals surface area contributed by atoms with Crippen molar-refractivity contribution in [3.63, 3.8) is 0 Å². The maximum atomic E-state index is 11.9. The summed E-state index contributed by atoms with van der Waals surface area (Å²) >= 11 is 9.09. The van der Waals surface area contributed by atoms with Crippen molar-refractivity contribution in [2.24, 2.45) is 5.92 Å². The number of nitrogens with zero attached hydrogens (tertiary/aromatic N) is 1. The van der Waals surface area contributed by atoms with Crippen molar-refractivity contribution < 1.29 is 9.72 Å². The molecule has 1 atom stereocenters. The van der Waals surface area contributed by atoms with E-state index in [9.17, 15) is 14.9 Å². The van der Waals surface area contributed by atoms with Gasteiger partial charge in [-0.1, -0.05) is 34.5 Å². The molecule has 1 unspecified atom stereocenters. The number of halogens is 2. The van der Waals surface area contributed by atoms with Crippen LogP contribution in [0.5, 0.6) is 0 Å². The van der Waals surface area contributed by atoms with Gasteiger partial charge in [-0.05, 0) is 18.4 Å². The van der Waals surface area contributed by atoms with E-state index in [0.717, 1.165) is 11.8 Å². The summed E-state index contributed by atoms with van der Waals surface area (Å²) in [5.41, 5.74) is 0.0106. The second kappa shape index (κ2) is 7.45. The fraction of sp³-hybridized carbons (Fsp3) is 0.417. The van der Waals surface area contributed by atoms with Crippen LogP contribution in [0.15, 0.2) is 18.2 Å². The third-order valence-electron chi connectivity index (χ3n) is 2.57. The van der Waals surface area contributed by atoms with Crippen LogP contribution in [0.4, 0.5) is 5.69 Å². The molecule has 1 aromatic rings. The standard InChI is InChI=1S/C12H14BrClN2O3/c1-8(2-3-13)7-15-12(17)9-4-10(14)6-11(5-9)16(18)19/h4-6,8H,2-3,7H2,1H3,(H,15,17). The second-order valence-electron chi connectivity index (χ2n) is 4.25. The molecule has 104 valence electrons. The Labute approximate surface area is 124 Å². The lowest BCUT2D eigenvalue weighted by Crippen LogP contribution is -2.28. The number of carbonyl (C=O) groups is 1. The number of hydrogen-bond donors (Lipinski definition) is 1. The molecule has 0 heterocycles. The highest BCUT2D eigenvalue weighted by atomic mass is 79.9. The predicted molar refractivity (Wildman–Crippen MR) is 78.0 cm³/mol. The quantitative estimate of drug-likeness (QED) is 0.486. The number of nitrogens with one attached hydrogen (secondary N) is 1. The molecule has 19 heavy (non-hydrogen) atoms. The number of amides is 1. The van der Waals surface area contributed by atoms with Crippen molar-refractivity contribution in [3.05, 3.63) is 38.9 Å². The van der Waals surface area contributed by atoms with Crippen LogP contribution in [0.25, 0.3) is 0 Å². The van der Waals surface area contributed by atoms with Crippen LogP contribution < -0.4 is 5.32 Å². The van der Waals surface area contributed by atoms with E-state index in [1.54, 1.807) is 0 Å². The summed E-state index contributed by atoms with van der Waals surface area (Å²) in [5, 5.41) is 14.5. The Morgan fingerprint density at radius 1 is 1.53 bits per heavy atom. The van der Waals surface area contributed by atoms with Crippen molar-refractivity contribution in [1.82, 2.24) is 5.32 Å². The summed E-state index contributed by atoms with van der Waals surface area (Å²) in [5.74, 6) is -0.0236. The molecule has 5 nitrogen and oxygen atoms in total. The van der Waals surface area contributed by atoms with E-state index < -0.39 is 4.92 Å². The average molecular weight is 350 g/mol. The van der Waals surface area contributed by atoms with Gasteiger partial charge < -0.3 is 5.32 Å². The summed E-state index contributed by atoms with van der Waals surface area (Å²) in [6, 6.07) is 3.85. The molecule has 0 radical (unpaired) electrons. The molecule has 1 amide bonds. The number of rotatable bonds is 6. The molecule has 1 aromatic carbocycles. The molecule has 0 aliphatic rings. The topological polar surface area (TPSA) is 72.2 Å². The molecule has 0 aliphatic heterocycles. The smallest absolute Gasteiger partial charge is 0.271 e. The van der Waals surface area contributed by atoms with Gasteiger partial charge >= 0.3 is 0 Å². The van der Waals surface area contributed by atoms with Crippen LogP contribution in [-0.4, -0.2) is 22.7 Å². The zero-order valence-electron chi connectivity index (χ0n) is 10.4. The first-order chi connectivity index (χ1) is 8.93. The third kappa shape index (κ3) is 5.16. The van der Waals surface area contributed by atoms with Crippen LogP contribution in [0.2, 0.25) is 5.02 Å². The van der Waals surface area contributed by atoms with E-state index in [4.69, 9.17) is 11.6 Å². The van der Waals surface area contributed by atoms with Crippen LogP contribution >= 0.6 is 27.5 Å². The molecular formula is C12H14BrClN2O3. The first-order valence-electron chi connectivity index (χ1n) is 5.73. The first kappa shape index (κ1) is 15.9. The second-order valence-corrected chi connectivity index (χ2v) is 5.48. The normalized spacial score (nSPS) is 11.9. The van der Waals surface area contributed by atoms with Crippen molar-refractivity contribution >= 4 is 39.1 Å². The highest BCUT2D eigenvalue weighted by molar-refractivity contribution is 9.09. The summed E-state index contributed by atoms with van der Waals surface area (Å²) < 4.78 is 0. The Balaban J connectivity index is 2.74. The molecule has 0 aliphatic carbocycles. The molecule has 0 aromatic heterocycles. The minimum atomic E-state index is -0.573. The Bertz CT molecular complexity index is 482. The van der Waals surface area contributed by atoms with Gasteiger partial charge in [-0.15, -0.1) is 0 Å². The zero-order valence-corrected chi connectivity index (χ0v) is 12.7. The summed E-state index contributed by atoms with van der Waals surface area (Å²) in [6.45, 7) is 2.53. The monoisotopic (exact) mass is 348 g/mol. The van der Waals surface area contributed by atoms with E-state index >= 15 is 0 Å². The van der Waals surface area contributed by atoms with Gasteiger partial charge in [0.05, 0.1) is 4.92 Å². The van der Waals surface area contributed by atoms with Crippen LogP contribution in [0, 0.1) is 16.0 Å². The number of carbonyl (C=O) groups excluding carboxylic acids is 1. The minimum Gasteiger partial charge on any atom is -0.352 e. The Morgan fingerprint density at radius 2 is 2.21 bits per heavy atom. The lowest BCUT2D eigenvalue weighted by molar-refractivity contribution is -0.384. The average Bonchev–Trinajstić information content (AvgIpc) is 2.35. The molecule has 1 N–H and O–H groups in total. The fourth-order valence-electron chi connectivity index (χ4n) is 1.47. The Kier molecular flexibility index (Phi) is 6.24. The van der Waals surface area contributed by atoms with Gasteiger partial charge in [-0.2, -0.15) is 0 Å². The van der Waals surface area contributed by atoms with Crippen LogP contribution in [0.1, 0.15) is 23.7 Å². The Hall–Kier alpha value is -1.14. The predicted octanol–water partition coefficient (Wildman–Crippen LogP) is 3.40. The van der Waals surface area contributed by atoms with Crippen molar-refractivity contribution in [1.29, 1.82) is 0 Å². The number of nitro benzene ring substituents is 1. The fourth-order valence-corrected chi connectivity index (χ4v) is 2.48. The van der Waals surface area contributed by atoms with E-state index in [1.165, 1.54) is 18.2 Å². The molecule has 0 saturated carbocycles. The lowest BCUT2D eigenvalue weighted by atomic mass is 10.1. The number of alkyl halides is 1. The van der Waals surface area contributed by atoms with Gasteiger partial charge in [-0.3, -0.25) is 14.9 Å². The molecule has 0 saturated heterocycles. The number of benzene rings is 1. The largest absolute Gasteiger partial charge is 0.352 e. The number of hydrogen-bond acceptors (Lipinski definition) is 3. The Morgan fingerprint density at radius 3 is 2.79 bits per heavy atom. The van der Waals surface area contributed by atoms with E-state index in [1.807, 2.05) is 6.92 Å². The molecule has 1 rings (SSSR count). The van der Waals surface area contributed by atoms with Crippen LogP contribution in [-0.2, 0) is 0 Å². The number of nitro groups is 1. The molecule has 0 fully saturated rings. The summed E-state index contributed by atoms with van der Waals surface area (Å²) in [6.07, 6.45) is 0.940. The lowest BCUT2D eigenvalue weighted by Gasteiger charge is -2.11. The zero-order chi connectivity index (χ0) is 14.4. The highest BCUT2D eigenvalue weighted by Gasteiger charge is 2.14.